The van der Waals surface area contributed by atoms with Gasteiger partial charge in [-0.25, -0.2) is 0 Å². The fourth-order valence-electron chi connectivity index (χ4n) is 2.41. The second-order valence-corrected chi connectivity index (χ2v) is 4.53. The number of hydrogen-bond acceptors (Lipinski definition) is 2. The van der Waals surface area contributed by atoms with Gasteiger partial charge in [-0.3, -0.25) is 0 Å². The zero-order valence-electron chi connectivity index (χ0n) is 8.98. The summed E-state index contributed by atoms with van der Waals surface area (Å²) in [6, 6.07) is 2.35. The Hall–Kier alpha value is -1.23. The molecule has 0 N–H and O–H groups in total. The van der Waals surface area contributed by atoms with Gasteiger partial charge in [0.25, 0.3) is 0 Å². The van der Waals surface area contributed by atoms with Crippen LogP contribution in [-0.2, 0) is 18.3 Å². The zero-order chi connectivity index (χ0) is 10.3. The Labute approximate surface area is 84.5 Å². The highest BCUT2D eigenvalue weighted by atomic mass is 16.3. The van der Waals surface area contributed by atoms with E-state index in [9.17, 15) is 0 Å². The van der Waals surface area contributed by atoms with Crippen molar-refractivity contribution in [2.45, 2.75) is 45.4 Å². The van der Waals surface area contributed by atoms with Crippen LogP contribution in [0.2, 0.25) is 0 Å². The van der Waals surface area contributed by atoms with Crippen molar-refractivity contribution in [3.05, 3.63) is 22.6 Å². The summed E-state index contributed by atoms with van der Waals surface area (Å²) in [5.74, 6) is 2.04. The molecule has 1 aliphatic rings. The second-order valence-electron chi connectivity index (χ2n) is 4.53. The summed E-state index contributed by atoms with van der Waals surface area (Å²) in [4.78, 5) is 0. The Morgan fingerprint density at radius 1 is 1.36 bits per heavy atom. The van der Waals surface area contributed by atoms with Crippen molar-refractivity contribution in [2.24, 2.45) is 0 Å². The average Bonchev–Trinajstić information content (AvgIpc) is 2.62. The molecule has 1 heterocycles. The number of fused-ring (bicyclic) bond motifs is 1. The van der Waals surface area contributed by atoms with E-state index in [1.54, 1.807) is 0 Å². The van der Waals surface area contributed by atoms with E-state index in [1.165, 1.54) is 12.0 Å². The molecule has 2 nitrogen and oxygen atoms in total. The van der Waals surface area contributed by atoms with Crippen LogP contribution in [-0.4, -0.2) is 0 Å². The molecule has 2 heteroatoms. The molecule has 74 valence electrons. The van der Waals surface area contributed by atoms with Gasteiger partial charge in [-0.1, -0.05) is 0 Å². The highest BCUT2D eigenvalue weighted by molar-refractivity contribution is 5.44. The Balaban J connectivity index is 2.59. The van der Waals surface area contributed by atoms with E-state index in [4.69, 9.17) is 9.68 Å². The first kappa shape index (κ1) is 9.33. The normalized spacial score (nSPS) is 15.3. The minimum Gasteiger partial charge on any atom is -0.466 e. The molecular formula is C12H15NO. The van der Waals surface area contributed by atoms with Crippen molar-refractivity contribution in [2.75, 3.05) is 0 Å². The third kappa shape index (κ3) is 1.16. The van der Waals surface area contributed by atoms with Crippen molar-refractivity contribution < 1.29 is 4.42 Å². The summed E-state index contributed by atoms with van der Waals surface area (Å²) in [7, 11) is 0. The van der Waals surface area contributed by atoms with Crippen LogP contribution in [0.5, 0.6) is 0 Å². The van der Waals surface area contributed by atoms with Crippen molar-refractivity contribution in [3.63, 3.8) is 0 Å². The first-order valence-corrected chi connectivity index (χ1v) is 5.09. The van der Waals surface area contributed by atoms with Gasteiger partial charge >= 0.3 is 0 Å². The number of aryl methyl sites for hydroxylation is 2. The van der Waals surface area contributed by atoms with Gasteiger partial charge in [-0.15, -0.1) is 0 Å². The zero-order valence-corrected chi connectivity index (χ0v) is 8.98. The van der Waals surface area contributed by atoms with Crippen molar-refractivity contribution in [1.82, 2.24) is 0 Å². The highest BCUT2D eigenvalue weighted by Crippen LogP contribution is 2.37. The standard InChI is InChI=1S/C12H15NO/c1-8-11(12(2,3)7-13)9-5-4-6-10(9)14-8/h4-6H2,1-3H3. The summed E-state index contributed by atoms with van der Waals surface area (Å²) in [6.07, 6.45) is 3.29. The van der Waals surface area contributed by atoms with Crippen LogP contribution in [0.4, 0.5) is 0 Å². The van der Waals surface area contributed by atoms with E-state index >= 15 is 0 Å². The lowest BCUT2D eigenvalue weighted by Gasteiger charge is -2.16. The third-order valence-electron chi connectivity index (χ3n) is 3.00. The quantitative estimate of drug-likeness (QED) is 0.681. The highest BCUT2D eigenvalue weighted by Gasteiger charge is 2.32. The van der Waals surface area contributed by atoms with Gasteiger partial charge in [0.15, 0.2) is 0 Å². The summed E-state index contributed by atoms with van der Waals surface area (Å²) >= 11 is 0. The van der Waals surface area contributed by atoms with E-state index in [1.807, 2.05) is 20.8 Å². The van der Waals surface area contributed by atoms with Crippen LogP contribution in [0.15, 0.2) is 4.42 Å². The maximum Gasteiger partial charge on any atom is 0.107 e. The second kappa shape index (κ2) is 2.88. The number of nitriles is 1. The van der Waals surface area contributed by atoms with E-state index in [0.717, 1.165) is 29.9 Å². The predicted octanol–water partition coefficient (Wildman–Crippen LogP) is 2.88. The smallest absolute Gasteiger partial charge is 0.107 e. The average molecular weight is 189 g/mol. The van der Waals surface area contributed by atoms with Crippen LogP contribution in [0.1, 0.15) is 42.9 Å². The molecule has 2 rings (SSSR count). The molecule has 14 heavy (non-hydrogen) atoms. The van der Waals surface area contributed by atoms with Gasteiger partial charge in [0.05, 0.1) is 11.5 Å². The van der Waals surface area contributed by atoms with Gasteiger partial charge < -0.3 is 4.42 Å². The van der Waals surface area contributed by atoms with E-state index in [2.05, 4.69) is 6.07 Å². The first-order chi connectivity index (χ1) is 6.56. The minimum absolute atomic E-state index is 0.411. The van der Waals surface area contributed by atoms with Crippen LogP contribution < -0.4 is 0 Å². The molecule has 1 aromatic heterocycles. The lowest BCUT2D eigenvalue weighted by atomic mass is 9.83. The van der Waals surface area contributed by atoms with Gasteiger partial charge in [0, 0.05) is 12.0 Å². The first-order valence-electron chi connectivity index (χ1n) is 5.09. The molecule has 0 bridgehead atoms. The van der Waals surface area contributed by atoms with Crippen LogP contribution in [0.3, 0.4) is 0 Å². The third-order valence-corrected chi connectivity index (χ3v) is 3.00. The minimum atomic E-state index is -0.411. The van der Waals surface area contributed by atoms with Gasteiger partial charge in [0.2, 0.25) is 0 Å². The fraction of sp³-hybridized carbons (Fsp3) is 0.583. The van der Waals surface area contributed by atoms with Crippen molar-refractivity contribution >= 4 is 0 Å². The summed E-state index contributed by atoms with van der Waals surface area (Å²) in [6.45, 7) is 5.89. The van der Waals surface area contributed by atoms with Gasteiger partial charge in [0.1, 0.15) is 11.5 Å². The molecule has 0 saturated heterocycles. The molecule has 0 amide bonds. The Kier molecular flexibility index (Phi) is 1.92. The maximum atomic E-state index is 9.13. The largest absolute Gasteiger partial charge is 0.466 e. The monoisotopic (exact) mass is 189 g/mol. The molecule has 0 aliphatic heterocycles. The topological polar surface area (TPSA) is 36.9 Å². The van der Waals surface area contributed by atoms with Gasteiger partial charge in [-0.2, -0.15) is 5.26 Å². The summed E-state index contributed by atoms with van der Waals surface area (Å²) < 4.78 is 5.69. The Bertz CT molecular complexity index is 407. The molecular weight excluding hydrogens is 174 g/mol. The molecule has 1 aromatic rings. The predicted molar refractivity (Wildman–Crippen MR) is 54.1 cm³/mol. The van der Waals surface area contributed by atoms with E-state index < -0.39 is 5.41 Å². The molecule has 0 radical (unpaired) electrons. The molecule has 0 spiro atoms. The van der Waals surface area contributed by atoms with Crippen LogP contribution >= 0.6 is 0 Å². The Morgan fingerprint density at radius 2 is 2.07 bits per heavy atom. The summed E-state index contributed by atoms with van der Waals surface area (Å²) in [5, 5.41) is 9.13. The Morgan fingerprint density at radius 3 is 2.71 bits per heavy atom. The van der Waals surface area contributed by atoms with Crippen LogP contribution in [0.25, 0.3) is 0 Å². The lowest BCUT2D eigenvalue weighted by molar-refractivity contribution is 0.478. The maximum absolute atomic E-state index is 9.13. The number of furan rings is 1. The van der Waals surface area contributed by atoms with Crippen molar-refractivity contribution in [3.8, 4) is 6.07 Å². The number of hydrogen-bond donors (Lipinski definition) is 0. The van der Waals surface area contributed by atoms with E-state index in [-0.39, 0.29) is 0 Å². The molecule has 1 aliphatic carbocycles. The summed E-state index contributed by atoms with van der Waals surface area (Å²) in [5.41, 5.74) is 2.02. The number of nitrogens with zero attached hydrogens (tertiary/aromatic N) is 1. The fourth-order valence-corrected chi connectivity index (χ4v) is 2.41. The molecule has 0 atom stereocenters. The van der Waals surface area contributed by atoms with Crippen molar-refractivity contribution in [1.29, 1.82) is 5.26 Å². The molecule has 0 unspecified atom stereocenters. The SMILES string of the molecule is Cc1oc2c(c1C(C)(C)C#N)CCC2. The molecule has 0 aromatic carbocycles. The lowest BCUT2D eigenvalue weighted by Crippen LogP contribution is -2.16. The van der Waals surface area contributed by atoms with Gasteiger partial charge in [-0.05, 0) is 39.2 Å². The molecule has 0 saturated carbocycles. The molecule has 0 fully saturated rings. The van der Waals surface area contributed by atoms with E-state index in [0.29, 0.717) is 0 Å². The van der Waals surface area contributed by atoms with Crippen LogP contribution in [0, 0.1) is 18.3 Å². The number of rotatable bonds is 1.